The summed E-state index contributed by atoms with van der Waals surface area (Å²) in [5.41, 5.74) is 1.15. The van der Waals surface area contributed by atoms with E-state index in [0.717, 1.165) is 18.4 Å². The Labute approximate surface area is 89.2 Å². The maximum atomic E-state index is 11.6. The van der Waals surface area contributed by atoms with Crippen molar-refractivity contribution < 1.29 is 9.53 Å². The third-order valence-electron chi connectivity index (χ3n) is 3.63. The summed E-state index contributed by atoms with van der Waals surface area (Å²) in [6.07, 6.45) is 3.35. The number of esters is 1. The fourth-order valence-electron chi connectivity index (χ4n) is 2.90. The van der Waals surface area contributed by atoms with Crippen LogP contribution in [0.2, 0.25) is 0 Å². The van der Waals surface area contributed by atoms with Crippen molar-refractivity contribution in [1.29, 1.82) is 0 Å². The summed E-state index contributed by atoms with van der Waals surface area (Å²) in [5.74, 6) is 0.626. The Hall–Kier alpha value is -1.31. The maximum Gasteiger partial charge on any atom is 0.309 e. The predicted molar refractivity (Wildman–Crippen MR) is 56.1 cm³/mol. The van der Waals surface area contributed by atoms with Gasteiger partial charge in [0, 0.05) is 5.92 Å². The van der Waals surface area contributed by atoms with Gasteiger partial charge in [0.05, 0.1) is 5.92 Å². The van der Waals surface area contributed by atoms with E-state index < -0.39 is 0 Å². The fraction of sp³-hybridized carbons (Fsp3) is 0.462. The van der Waals surface area contributed by atoms with Gasteiger partial charge >= 0.3 is 5.97 Å². The van der Waals surface area contributed by atoms with Crippen molar-refractivity contribution >= 4 is 5.97 Å². The molecule has 2 nitrogen and oxygen atoms in total. The van der Waals surface area contributed by atoms with Crippen LogP contribution >= 0.6 is 0 Å². The van der Waals surface area contributed by atoms with E-state index in [1.54, 1.807) is 0 Å². The van der Waals surface area contributed by atoms with Crippen LogP contribution in [0.5, 0.6) is 0 Å². The lowest BCUT2D eigenvalue weighted by molar-refractivity contribution is -0.144. The Balaban J connectivity index is 1.92. The number of rotatable bonds is 1. The van der Waals surface area contributed by atoms with Crippen LogP contribution < -0.4 is 0 Å². The summed E-state index contributed by atoms with van der Waals surface area (Å²) in [5, 5.41) is 0. The lowest BCUT2D eigenvalue weighted by Crippen LogP contribution is -2.09. The third kappa shape index (κ3) is 1.36. The highest BCUT2D eigenvalue weighted by Gasteiger charge is 2.47. The summed E-state index contributed by atoms with van der Waals surface area (Å²) in [6, 6.07) is 10.1. The topological polar surface area (TPSA) is 26.3 Å². The average molecular weight is 202 g/mol. The lowest BCUT2D eigenvalue weighted by atomic mass is 9.90. The number of benzene rings is 1. The Kier molecular flexibility index (Phi) is 2.01. The van der Waals surface area contributed by atoms with Crippen LogP contribution in [0.25, 0.3) is 0 Å². The molecule has 1 aromatic rings. The van der Waals surface area contributed by atoms with Crippen molar-refractivity contribution in [2.75, 3.05) is 0 Å². The number of hydrogen-bond donors (Lipinski definition) is 0. The molecule has 3 rings (SSSR count). The van der Waals surface area contributed by atoms with Crippen LogP contribution in [0.15, 0.2) is 30.3 Å². The SMILES string of the molecule is O=C1O[C@@H](c2ccccc2)[C@@H]2CCC[C@H]12. The number of cyclic esters (lactones) is 1. The number of carbonyl (C=O) groups excluding carboxylic acids is 1. The van der Waals surface area contributed by atoms with Crippen LogP contribution in [0.1, 0.15) is 30.9 Å². The molecule has 0 aromatic heterocycles. The van der Waals surface area contributed by atoms with E-state index in [9.17, 15) is 4.79 Å². The van der Waals surface area contributed by atoms with Crippen LogP contribution in [-0.2, 0) is 9.53 Å². The van der Waals surface area contributed by atoms with Crippen LogP contribution in [0.4, 0.5) is 0 Å². The van der Waals surface area contributed by atoms with Crippen molar-refractivity contribution in [3.05, 3.63) is 35.9 Å². The first kappa shape index (κ1) is 8.96. The van der Waals surface area contributed by atoms with E-state index >= 15 is 0 Å². The van der Waals surface area contributed by atoms with Gasteiger partial charge in [-0.2, -0.15) is 0 Å². The van der Waals surface area contributed by atoms with Gasteiger partial charge in [0.1, 0.15) is 6.10 Å². The summed E-state index contributed by atoms with van der Waals surface area (Å²) in [7, 11) is 0. The monoisotopic (exact) mass is 202 g/mol. The Morgan fingerprint density at radius 1 is 1.13 bits per heavy atom. The molecule has 15 heavy (non-hydrogen) atoms. The molecular formula is C13H14O2. The average Bonchev–Trinajstić information content (AvgIpc) is 2.84. The zero-order valence-electron chi connectivity index (χ0n) is 8.56. The van der Waals surface area contributed by atoms with Crippen LogP contribution in [0, 0.1) is 11.8 Å². The molecule has 2 aliphatic rings. The van der Waals surface area contributed by atoms with Crippen LogP contribution in [-0.4, -0.2) is 5.97 Å². The molecule has 2 fully saturated rings. The maximum absolute atomic E-state index is 11.6. The molecule has 0 N–H and O–H groups in total. The van der Waals surface area contributed by atoms with E-state index in [4.69, 9.17) is 4.74 Å². The molecular weight excluding hydrogens is 188 g/mol. The van der Waals surface area contributed by atoms with Gasteiger partial charge in [0.2, 0.25) is 0 Å². The minimum Gasteiger partial charge on any atom is -0.457 e. The van der Waals surface area contributed by atoms with Gasteiger partial charge in [-0.15, -0.1) is 0 Å². The molecule has 1 aromatic carbocycles. The fourth-order valence-corrected chi connectivity index (χ4v) is 2.90. The van der Waals surface area contributed by atoms with Crippen molar-refractivity contribution in [2.45, 2.75) is 25.4 Å². The highest BCUT2D eigenvalue weighted by atomic mass is 16.6. The minimum atomic E-state index is 0.0196. The van der Waals surface area contributed by atoms with Gasteiger partial charge in [0.15, 0.2) is 0 Å². The molecule has 1 saturated heterocycles. The van der Waals surface area contributed by atoms with Crippen molar-refractivity contribution in [1.82, 2.24) is 0 Å². The third-order valence-corrected chi connectivity index (χ3v) is 3.63. The zero-order valence-corrected chi connectivity index (χ0v) is 8.56. The Morgan fingerprint density at radius 3 is 2.73 bits per heavy atom. The lowest BCUT2D eigenvalue weighted by Gasteiger charge is -2.15. The predicted octanol–water partition coefficient (Wildman–Crippen LogP) is 2.70. The zero-order chi connectivity index (χ0) is 10.3. The smallest absolute Gasteiger partial charge is 0.309 e. The first-order chi connectivity index (χ1) is 7.36. The minimum absolute atomic E-state index is 0.0196. The van der Waals surface area contributed by atoms with Gasteiger partial charge in [-0.1, -0.05) is 36.8 Å². The molecule has 0 amide bonds. The van der Waals surface area contributed by atoms with E-state index in [1.807, 2.05) is 18.2 Å². The number of hydrogen-bond acceptors (Lipinski definition) is 2. The molecule has 0 radical (unpaired) electrons. The molecule has 1 aliphatic heterocycles. The Morgan fingerprint density at radius 2 is 1.93 bits per heavy atom. The van der Waals surface area contributed by atoms with E-state index in [1.165, 1.54) is 6.42 Å². The molecule has 2 heteroatoms. The molecule has 1 aliphatic carbocycles. The second kappa shape index (κ2) is 3.37. The van der Waals surface area contributed by atoms with Gasteiger partial charge in [-0.05, 0) is 18.4 Å². The van der Waals surface area contributed by atoms with Crippen molar-refractivity contribution in [2.24, 2.45) is 11.8 Å². The van der Waals surface area contributed by atoms with Gasteiger partial charge in [-0.25, -0.2) is 0 Å². The highest BCUT2D eigenvalue weighted by Crippen LogP contribution is 2.48. The van der Waals surface area contributed by atoms with E-state index in [-0.39, 0.29) is 18.0 Å². The number of ether oxygens (including phenoxy) is 1. The summed E-state index contributed by atoms with van der Waals surface area (Å²) < 4.78 is 5.48. The van der Waals surface area contributed by atoms with Crippen molar-refractivity contribution in [3.63, 3.8) is 0 Å². The second-order valence-corrected chi connectivity index (χ2v) is 4.47. The number of fused-ring (bicyclic) bond motifs is 1. The first-order valence-corrected chi connectivity index (χ1v) is 5.62. The molecule has 0 unspecified atom stereocenters. The van der Waals surface area contributed by atoms with Gasteiger partial charge < -0.3 is 4.74 Å². The standard InChI is InChI=1S/C13H14O2/c14-13-11-8-4-7-10(11)12(15-13)9-5-2-1-3-6-9/h1-3,5-6,10-12H,4,7-8H2/t10-,11+,12+/m1/s1. The summed E-state index contributed by atoms with van der Waals surface area (Å²) in [6.45, 7) is 0. The normalized spacial score (nSPS) is 33.9. The Bertz CT molecular complexity index is 371. The molecule has 1 saturated carbocycles. The molecule has 0 spiro atoms. The molecule has 78 valence electrons. The quantitative estimate of drug-likeness (QED) is 0.654. The van der Waals surface area contributed by atoms with Gasteiger partial charge in [0.25, 0.3) is 0 Å². The van der Waals surface area contributed by atoms with Crippen molar-refractivity contribution in [3.8, 4) is 0 Å². The molecule has 3 atom stereocenters. The van der Waals surface area contributed by atoms with Gasteiger partial charge in [-0.3, -0.25) is 4.79 Å². The summed E-state index contributed by atoms with van der Waals surface area (Å²) >= 11 is 0. The molecule has 0 bridgehead atoms. The highest BCUT2D eigenvalue weighted by molar-refractivity contribution is 5.76. The van der Waals surface area contributed by atoms with E-state index in [2.05, 4.69) is 12.1 Å². The summed E-state index contributed by atoms with van der Waals surface area (Å²) in [4.78, 5) is 11.6. The largest absolute Gasteiger partial charge is 0.457 e. The van der Waals surface area contributed by atoms with E-state index in [0.29, 0.717) is 5.92 Å². The first-order valence-electron chi connectivity index (χ1n) is 5.62. The molecule has 1 heterocycles. The van der Waals surface area contributed by atoms with Crippen LogP contribution in [0.3, 0.4) is 0 Å². The number of carbonyl (C=O) groups is 1. The second-order valence-electron chi connectivity index (χ2n) is 4.47.